The first-order chi connectivity index (χ1) is 19.2. The second-order valence-electron chi connectivity index (χ2n) is 10.8. The lowest BCUT2D eigenvalue weighted by Gasteiger charge is -2.45. The maximum absolute atomic E-state index is 13.5. The van der Waals surface area contributed by atoms with E-state index in [1.807, 2.05) is 30.3 Å². The lowest BCUT2D eigenvalue weighted by atomic mass is 9.82. The summed E-state index contributed by atoms with van der Waals surface area (Å²) >= 11 is 0. The molecular weight excluding hydrogens is 516 g/mol. The van der Waals surface area contributed by atoms with Gasteiger partial charge in [-0.2, -0.15) is 0 Å². The van der Waals surface area contributed by atoms with Gasteiger partial charge in [0.05, 0.1) is 11.2 Å². The maximum Gasteiger partial charge on any atom is 0.229 e. The van der Waals surface area contributed by atoms with E-state index >= 15 is 0 Å². The van der Waals surface area contributed by atoms with Gasteiger partial charge < -0.3 is 35.0 Å². The third-order valence-corrected chi connectivity index (χ3v) is 8.26. The van der Waals surface area contributed by atoms with Crippen molar-refractivity contribution in [3.05, 3.63) is 94.0 Å². The Labute approximate surface area is 230 Å². The van der Waals surface area contributed by atoms with Gasteiger partial charge in [0, 0.05) is 28.7 Å². The zero-order valence-electron chi connectivity index (χ0n) is 21.6. The van der Waals surface area contributed by atoms with Crippen molar-refractivity contribution in [3.8, 4) is 11.5 Å². The number of benzene rings is 3. The van der Waals surface area contributed by atoms with E-state index in [4.69, 9.17) is 9.47 Å². The molecule has 1 aliphatic heterocycles. The number of aliphatic hydroxyl groups is 4. The van der Waals surface area contributed by atoms with Gasteiger partial charge in [0.15, 0.2) is 23.1 Å². The van der Waals surface area contributed by atoms with Crippen molar-refractivity contribution in [3.63, 3.8) is 0 Å². The van der Waals surface area contributed by atoms with E-state index in [2.05, 4.69) is 0 Å². The van der Waals surface area contributed by atoms with Crippen LogP contribution in [0.2, 0.25) is 0 Å². The van der Waals surface area contributed by atoms with Gasteiger partial charge in [0.25, 0.3) is 0 Å². The Bertz CT molecular complexity index is 1460. The van der Waals surface area contributed by atoms with Gasteiger partial charge in [-0.3, -0.25) is 9.59 Å². The summed E-state index contributed by atoms with van der Waals surface area (Å²) in [5.74, 6) is -1.77. The molecule has 5 atom stereocenters. The van der Waals surface area contributed by atoms with Crippen LogP contribution in [0.5, 0.6) is 11.5 Å². The summed E-state index contributed by atoms with van der Waals surface area (Å²) in [4.78, 5) is 26.9. The van der Waals surface area contributed by atoms with E-state index in [0.29, 0.717) is 31.2 Å². The number of rotatable bonds is 5. The average Bonchev–Trinajstić information content (AvgIpc) is 3.41. The smallest absolute Gasteiger partial charge is 0.229 e. The Morgan fingerprint density at radius 3 is 2.12 bits per heavy atom. The highest BCUT2D eigenvalue weighted by Crippen LogP contribution is 2.44. The molecule has 1 saturated carbocycles. The molecule has 5 N–H and O–H groups in total. The first-order valence-corrected chi connectivity index (χ1v) is 13.4. The Morgan fingerprint density at radius 2 is 1.45 bits per heavy atom. The molecule has 9 nitrogen and oxygen atoms in total. The minimum Gasteiger partial charge on any atom is -0.504 e. The zero-order valence-corrected chi connectivity index (χ0v) is 21.6. The molecule has 2 fully saturated rings. The van der Waals surface area contributed by atoms with E-state index in [0.717, 1.165) is 5.56 Å². The number of phenols is 1. The lowest BCUT2D eigenvalue weighted by molar-refractivity contribution is -0.304. The molecule has 0 unspecified atom stereocenters. The van der Waals surface area contributed by atoms with Gasteiger partial charge in [0.2, 0.25) is 6.29 Å². The standard InChI is InChI=1S/C31H30O9/c32-22-18-10-4-5-11-19(18)23(33)21-20(22)15-17(14-16-8-2-1-3-9-16)28(24(21)34)39-30-27(37)25(35)26(36)29(40-30)31(38)12-6-7-13-31/h1-5,8-11,15,25-27,29-30,34-38H,6-7,12-14H2/t25-,26-,27+,29-,30-/m1/s1. The van der Waals surface area contributed by atoms with Crippen LogP contribution in [0.1, 0.15) is 68.7 Å². The molecule has 0 spiro atoms. The molecule has 0 aromatic heterocycles. The van der Waals surface area contributed by atoms with E-state index in [1.165, 1.54) is 12.1 Å². The van der Waals surface area contributed by atoms with Gasteiger partial charge in [-0.15, -0.1) is 0 Å². The Morgan fingerprint density at radius 1 is 0.825 bits per heavy atom. The predicted octanol–water partition coefficient (Wildman–Crippen LogP) is 2.25. The fourth-order valence-corrected chi connectivity index (χ4v) is 6.13. The van der Waals surface area contributed by atoms with Gasteiger partial charge in [-0.25, -0.2) is 0 Å². The van der Waals surface area contributed by atoms with E-state index in [1.54, 1.807) is 18.2 Å². The summed E-state index contributed by atoms with van der Waals surface area (Å²) in [7, 11) is 0. The van der Waals surface area contributed by atoms with Crippen molar-refractivity contribution in [2.24, 2.45) is 0 Å². The average molecular weight is 547 g/mol. The second-order valence-corrected chi connectivity index (χ2v) is 10.8. The number of ether oxygens (including phenoxy) is 2. The van der Waals surface area contributed by atoms with Crippen LogP contribution in [0.3, 0.4) is 0 Å². The van der Waals surface area contributed by atoms with Crippen LogP contribution < -0.4 is 4.74 Å². The number of carbonyl (C=O) groups is 2. The van der Waals surface area contributed by atoms with Crippen LogP contribution in [0.4, 0.5) is 0 Å². The first kappa shape index (κ1) is 26.6. The summed E-state index contributed by atoms with van der Waals surface area (Å²) in [5, 5.41) is 54.7. The van der Waals surface area contributed by atoms with Crippen LogP contribution in [-0.4, -0.2) is 73.4 Å². The fraction of sp³-hybridized carbons (Fsp3) is 0.355. The molecule has 1 heterocycles. The Kier molecular flexibility index (Phi) is 6.72. The molecule has 0 amide bonds. The summed E-state index contributed by atoms with van der Waals surface area (Å²) in [6, 6.07) is 17.1. The molecule has 2 aliphatic carbocycles. The fourth-order valence-electron chi connectivity index (χ4n) is 6.13. The van der Waals surface area contributed by atoms with Gasteiger partial charge in [0.1, 0.15) is 24.4 Å². The third-order valence-electron chi connectivity index (χ3n) is 8.26. The van der Waals surface area contributed by atoms with Crippen LogP contribution in [0, 0.1) is 0 Å². The highest BCUT2D eigenvalue weighted by Gasteiger charge is 2.54. The summed E-state index contributed by atoms with van der Waals surface area (Å²) < 4.78 is 11.9. The monoisotopic (exact) mass is 546 g/mol. The molecule has 0 bridgehead atoms. The third kappa shape index (κ3) is 4.31. The molecule has 40 heavy (non-hydrogen) atoms. The van der Waals surface area contributed by atoms with Crippen molar-refractivity contribution in [2.45, 2.75) is 68.4 Å². The SMILES string of the molecule is O=C1c2ccccc2C(=O)c2c1cc(Cc1ccccc1)c(O[C@@H]1O[C@@H](C3(O)CCCC3)[C@H](O)[C@@H](O)[C@@H]1O)c2O. The zero-order chi connectivity index (χ0) is 28.2. The molecular formula is C31H30O9. The van der Waals surface area contributed by atoms with Crippen LogP contribution in [0.15, 0.2) is 60.7 Å². The molecule has 3 aliphatic rings. The molecule has 0 radical (unpaired) electrons. The quantitative estimate of drug-likeness (QED) is 0.254. The van der Waals surface area contributed by atoms with Crippen molar-refractivity contribution >= 4 is 11.6 Å². The first-order valence-electron chi connectivity index (χ1n) is 13.4. The van der Waals surface area contributed by atoms with E-state index < -0.39 is 53.6 Å². The summed E-state index contributed by atoms with van der Waals surface area (Å²) in [5.41, 5.74) is -0.0944. The molecule has 1 saturated heterocycles. The topological polar surface area (TPSA) is 154 Å². The summed E-state index contributed by atoms with van der Waals surface area (Å²) in [6.45, 7) is 0. The minimum absolute atomic E-state index is 0.0261. The molecule has 208 valence electrons. The lowest BCUT2D eigenvalue weighted by Crippen LogP contribution is -2.65. The second kappa shape index (κ2) is 10.1. The Hall–Kier alpha value is -3.60. The highest BCUT2D eigenvalue weighted by molar-refractivity contribution is 6.29. The Balaban J connectivity index is 1.44. The normalized spacial score (nSPS) is 27.2. The molecule has 9 heteroatoms. The van der Waals surface area contributed by atoms with E-state index in [-0.39, 0.29) is 34.4 Å². The number of aliphatic hydroxyl groups excluding tert-OH is 3. The van der Waals surface area contributed by atoms with Gasteiger partial charge in [-0.05, 0) is 24.5 Å². The van der Waals surface area contributed by atoms with E-state index in [9.17, 15) is 35.1 Å². The van der Waals surface area contributed by atoms with Crippen molar-refractivity contribution in [2.75, 3.05) is 0 Å². The molecule has 6 rings (SSSR count). The number of carbonyl (C=O) groups excluding carboxylic acids is 2. The number of aromatic hydroxyl groups is 1. The minimum atomic E-state index is -1.74. The number of hydrogen-bond acceptors (Lipinski definition) is 9. The molecule has 3 aromatic rings. The number of fused-ring (bicyclic) bond motifs is 2. The number of ketones is 2. The summed E-state index contributed by atoms with van der Waals surface area (Å²) in [6.07, 6.45) is -5.60. The number of hydrogen-bond donors (Lipinski definition) is 5. The molecule has 3 aromatic carbocycles. The van der Waals surface area contributed by atoms with Crippen LogP contribution in [-0.2, 0) is 11.2 Å². The van der Waals surface area contributed by atoms with Crippen LogP contribution >= 0.6 is 0 Å². The van der Waals surface area contributed by atoms with Crippen molar-refractivity contribution in [1.82, 2.24) is 0 Å². The highest BCUT2D eigenvalue weighted by atomic mass is 16.7. The van der Waals surface area contributed by atoms with Gasteiger partial charge in [-0.1, -0.05) is 67.4 Å². The van der Waals surface area contributed by atoms with Crippen molar-refractivity contribution in [1.29, 1.82) is 0 Å². The van der Waals surface area contributed by atoms with Gasteiger partial charge >= 0.3 is 0 Å². The maximum atomic E-state index is 13.5. The van der Waals surface area contributed by atoms with Crippen LogP contribution in [0.25, 0.3) is 0 Å². The number of phenolic OH excluding ortho intramolecular Hbond substituents is 1. The predicted molar refractivity (Wildman–Crippen MR) is 141 cm³/mol. The van der Waals surface area contributed by atoms with Crippen molar-refractivity contribution < 1.29 is 44.6 Å². The largest absolute Gasteiger partial charge is 0.504 e.